The van der Waals surface area contributed by atoms with E-state index in [0.717, 1.165) is 11.1 Å². The highest BCUT2D eigenvalue weighted by Crippen LogP contribution is 2.26. The maximum atomic E-state index is 6.09. The molecule has 3 heterocycles. The Morgan fingerprint density at radius 2 is 2.05 bits per heavy atom. The second kappa shape index (κ2) is 5.87. The summed E-state index contributed by atoms with van der Waals surface area (Å²) in [4.78, 5) is 9.66. The predicted molar refractivity (Wildman–Crippen MR) is 87.5 cm³/mol. The summed E-state index contributed by atoms with van der Waals surface area (Å²) in [6, 6.07) is 11.7. The second-order valence-electron chi connectivity index (χ2n) is 4.44. The first-order valence-electron chi connectivity index (χ1n) is 6.40. The van der Waals surface area contributed by atoms with Crippen LogP contribution in [0.25, 0.3) is 16.1 Å². The number of hydrogen-bond acceptors (Lipinski definition) is 5. The molecule has 0 bridgehead atoms. The van der Waals surface area contributed by atoms with Crippen molar-refractivity contribution in [2.24, 2.45) is 5.84 Å². The molecule has 0 atom stereocenters. The number of thiophene rings is 1. The van der Waals surface area contributed by atoms with Gasteiger partial charge in [-0.1, -0.05) is 12.6 Å². The Balaban J connectivity index is 1.82. The molecule has 0 aliphatic rings. The van der Waals surface area contributed by atoms with Crippen LogP contribution in [0.4, 0.5) is 5.82 Å². The van der Waals surface area contributed by atoms with E-state index in [1.54, 1.807) is 23.7 Å². The molecular weight excluding hydrogens is 280 g/mol. The van der Waals surface area contributed by atoms with Crippen LogP contribution in [-0.2, 0) is 0 Å². The molecule has 4 nitrogen and oxygen atoms in total. The van der Waals surface area contributed by atoms with Gasteiger partial charge in [0.2, 0.25) is 0 Å². The summed E-state index contributed by atoms with van der Waals surface area (Å²) >= 11 is 1.68. The van der Waals surface area contributed by atoms with Gasteiger partial charge in [0.1, 0.15) is 5.82 Å². The van der Waals surface area contributed by atoms with Crippen molar-refractivity contribution in [2.45, 2.75) is 0 Å². The van der Waals surface area contributed by atoms with Crippen LogP contribution in [0.2, 0.25) is 0 Å². The Kier molecular flexibility index (Phi) is 3.77. The zero-order chi connectivity index (χ0) is 14.7. The van der Waals surface area contributed by atoms with Gasteiger partial charge in [-0.2, -0.15) is 0 Å². The van der Waals surface area contributed by atoms with Crippen molar-refractivity contribution in [2.75, 3.05) is 5.01 Å². The van der Waals surface area contributed by atoms with E-state index in [0.29, 0.717) is 11.5 Å². The summed E-state index contributed by atoms with van der Waals surface area (Å²) in [5.41, 5.74) is 2.60. The molecule has 3 aromatic heterocycles. The van der Waals surface area contributed by atoms with Gasteiger partial charge in [-0.05, 0) is 35.7 Å². The summed E-state index contributed by atoms with van der Waals surface area (Å²) in [5.74, 6) is 6.73. The number of hydrogen-bond donors (Lipinski definition) is 1. The van der Waals surface area contributed by atoms with Gasteiger partial charge in [0.15, 0.2) is 0 Å². The summed E-state index contributed by atoms with van der Waals surface area (Å²) in [5, 5.41) is 3.51. The van der Waals surface area contributed by atoms with E-state index >= 15 is 0 Å². The fourth-order valence-corrected chi connectivity index (χ4v) is 2.65. The van der Waals surface area contributed by atoms with E-state index in [1.807, 2.05) is 41.9 Å². The van der Waals surface area contributed by atoms with Gasteiger partial charge < -0.3 is 0 Å². The molecule has 0 aromatic carbocycles. The Labute approximate surface area is 127 Å². The van der Waals surface area contributed by atoms with E-state index in [4.69, 9.17) is 5.84 Å². The average Bonchev–Trinajstić information content (AvgIpc) is 3.09. The van der Waals surface area contributed by atoms with Crippen LogP contribution in [0.5, 0.6) is 0 Å². The van der Waals surface area contributed by atoms with Crippen molar-refractivity contribution in [3.63, 3.8) is 0 Å². The molecule has 0 saturated heterocycles. The fraction of sp³-hybridized carbons (Fsp3) is 0. The lowest BCUT2D eigenvalue weighted by Gasteiger charge is -2.20. The van der Waals surface area contributed by atoms with Crippen LogP contribution >= 0.6 is 11.3 Å². The third kappa shape index (κ3) is 2.84. The van der Waals surface area contributed by atoms with Crippen LogP contribution in [0.15, 0.2) is 66.9 Å². The number of pyridine rings is 2. The molecule has 0 spiro atoms. The highest BCUT2D eigenvalue weighted by molar-refractivity contribution is 7.13. The van der Waals surface area contributed by atoms with E-state index in [9.17, 15) is 0 Å². The summed E-state index contributed by atoms with van der Waals surface area (Å²) in [7, 11) is 0. The van der Waals surface area contributed by atoms with Gasteiger partial charge in [-0.25, -0.2) is 10.8 Å². The third-order valence-corrected chi connectivity index (χ3v) is 4.00. The lowest BCUT2D eigenvalue weighted by Crippen LogP contribution is -2.29. The molecule has 0 unspecified atom stereocenters. The smallest absolute Gasteiger partial charge is 0.147 e. The number of nitrogens with zero attached hydrogens (tertiary/aromatic N) is 3. The lowest BCUT2D eigenvalue weighted by molar-refractivity contribution is 1.05. The predicted octanol–water partition coefficient (Wildman–Crippen LogP) is 3.56. The molecule has 0 amide bonds. The van der Waals surface area contributed by atoms with Crippen molar-refractivity contribution in [3.05, 3.63) is 72.5 Å². The van der Waals surface area contributed by atoms with Crippen LogP contribution in [0.1, 0.15) is 5.56 Å². The zero-order valence-corrected chi connectivity index (χ0v) is 12.1. The Bertz CT molecular complexity index is 721. The first-order chi connectivity index (χ1) is 10.3. The fourth-order valence-electron chi connectivity index (χ4n) is 1.93. The zero-order valence-electron chi connectivity index (χ0n) is 11.3. The molecule has 2 N–H and O–H groups in total. The van der Waals surface area contributed by atoms with Crippen molar-refractivity contribution in [3.8, 4) is 10.4 Å². The molecule has 0 saturated carbocycles. The largest absolute Gasteiger partial charge is 0.264 e. The topological polar surface area (TPSA) is 55.0 Å². The van der Waals surface area contributed by atoms with Gasteiger partial charge in [0, 0.05) is 34.6 Å². The summed E-state index contributed by atoms with van der Waals surface area (Å²) in [6.45, 7) is 4.00. The maximum absolute atomic E-state index is 6.09. The molecule has 3 aromatic rings. The Morgan fingerprint density at radius 3 is 2.67 bits per heavy atom. The third-order valence-electron chi connectivity index (χ3n) is 3.09. The molecule has 0 aliphatic heterocycles. The summed E-state index contributed by atoms with van der Waals surface area (Å²) < 4.78 is 0. The quantitative estimate of drug-likeness (QED) is 0.590. The van der Waals surface area contributed by atoms with E-state index < -0.39 is 0 Å². The van der Waals surface area contributed by atoms with Gasteiger partial charge in [-0.3, -0.25) is 9.99 Å². The molecule has 0 radical (unpaired) electrons. The van der Waals surface area contributed by atoms with Crippen molar-refractivity contribution in [1.82, 2.24) is 9.97 Å². The van der Waals surface area contributed by atoms with Crippen LogP contribution in [0, 0.1) is 0 Å². The van der Waals surface area contributed by atoms with E-state index in [1.165, 1.54) is 9.89 Å². The number of nitrogens with two attached hydrogens (primary N) is 1. The van der Waals surface area contributed by atoms with Gasteiger partial charge in [0.05, 0.1) is 5.70 Å². The standard InChI is InChI=1S/C16H14N4S/c1-12(13-4-2-8-18-10-13)20(17)16-7-6-14(11-19-16)15-5-3-9-21-15/h2-11H,1,17H2. The summed E-state index contributed by atoms with van der Waals surface area (Å²) in [6.07, 6.45) is 5.26. The first-order valence-corrected chi connectivity index (χ1v) is 7.28. The Hall–Kier alpha value is -2.50. The van der Waals surface area contributed by atoms with Crippen molar-refractivity contribution >= 4 is 22.9 Å². The number of aromatic nitrogens is 2. The Morgan fingerprint density at radius 1 is 1.14 bits per heavy atom. The molecule has 5 heteroatoms. The molecule has 21 heavy (non-hydrogen) atoms. The second-order valence-corrected chi connectivity index (χ2v) is 5.39. The molecule has 3 rings (SSSR count). The van der Waals surface area contributed by atoms with Crippen molar-refractivity contribution in [1.29, 1.82) is 0 Å². The monoisotopic (exact) mass is 294 g/mol. The minimum atomic E-state index is 0.643. The molecule has 104 valence electrons. The van der Waals surface area contributed by atoms with E-state index in [-0.39, 0.29) is 0 Å². The van der Waals surface area contributed by atoms with Crippen LogP contribution < -0.4 is 10.9 Å². The minimum Gasteiger partial charge on any atom is -0.264 e. The van der Waals surface area contributed by atoms with E-state index in [2.05, 4.69) is 22.6 Å². The van der Waals surface area contributed by atoms with Crippen LogP contribution in [0.3, 0.4) is 0 Å². The number of hydrazine groups is 1. The number of rotatable bonds is 4. The van der Waals surface area contributed by atoms with Gasteiger partial charge in [0.25, 0.3) is 0 Å². The highest BCUT2D eigenvalue weighted by atomic mass is 32.1. The molecular formula is C16H14N4S. The lowest BCUT2D eigenvalue weighted by atomic mass is 10.2. The minimum absolute atomic E-state index is 0.643. The van der Waals surface area contributed by atoms with Gasteiger partial charge in [-0.15, -0.1) is 11.3 Å². The van der Waals surface area contributed by atoms with Gasteiger partial charge >= 0.3 is 0 Å². The SMILES string of the molecule is C=C(c1cccnc1)N(N)c1ccc(-c2cccs2)cn1. The first kappa shape index (κ1) is 13.5. The normalized spacial score (nSPS) is 10.3. The average molecular weight is 294 g/mol. The maximum Gasteiger partial charge on any atom is 0.147 e. The highest BCUT2D eigenvalue weighted by Gasteiger charge is 2.10. The molecule has 0 fully saturated rings. The van der Waals surface area contributed by atoms with Crippen molar-refractivity contribution < 1.29 is 0 Å². The van der Waals surface area contributed by atoms with Crippen LogP contribution in [-0.4, -0.2) is 9.97 Å². The number of anilines is 1. The molecule has 0 aliphatic carbocycles.